The Morgan fingerprint density at radius 1 is 0.522 bits per heavy atom. The van der Waals surface area contributed by atoms with Gasteiger partial charge in [0.25, 0.3) is 0 Å². The molecule has 0 saturated heterocycles. The van der Waals surface area contributed by atoms with Gasteiger partial charge in [-0.3, -0.25) is 0 Å². The molecule has 0 amide bonds. The van der Waals surface area contributed by atoms with Crippen LogP contribution in [0.5, 0.6) is 0 Å². The number of rotatable bonds is 6. The molecule has 4 rings (SSSR count). The summed E-state index contributed by atoms with van der Waals surface area (Å²) in [6, 6.07) is 7.07. The Labute approximate surface area is 287 Å². The predicted molar refractivity (Wildman–Crippen MR) is 133 cm³/mol. The van der Waals surface area contributed by atoms with E-state index in [1.165, 1.54) is 50.7 Å². The van der Waals surface area contributed by atoms with Crippen molar-refractivity contribution in [2.45, 2.75) is 76.4 Å². The molecule has 262 valence electrons. The van der Waals surface area contributed by atoms with Gasteiger partial charge < -0.3 is 81.8 Å². The smallest absolute Gasteiger partial charge is 0.0900 e. The van der Waals surface area contributed by atoms with Gasteiger partial charge in [-0.05, 0) is 49.9 Å². The Bertz CT molecular complexity index is 957. The van der Waals surface area contributed by atoms with Crippen molar-refractivity contribution in [3.63, 3.8) is 0 Å². The van der Waals surface area contributed by atoms with Crippen molar-refractivity contribution in [1.82, 2.24) is 9.97 Å². The minimum atomic E-state index is -1.52. The van der Waals surface area contributed by atoms with Gasteiger partial charge in [-0.1, -0.05) is 50.7 Å². The van der Waals surface area contributed by atoms with Crippen molar-refractivity contribution in [2.75, 3.05) is 0 Å². The number of hydrogen-bond donors (Lipinski definition) is 0. The molecule has 2 aliphatic carbocycles. The zero-order valence-electron chi connectivity index (χ0n) is 24.3. The maximum atomic E-state index is 10.2. The van der Waals surface area contributed by atoms with E-state index in [0.717, 1.165) is 49.9 Å². The molecule has 46 heavy (non-hydrogen) atoms. The van der Waals surface area contributed by atoms with Crippen LogP contribution in [0.4, 0.5) is 0 Å². The first-order valence-corrected chi connectivity index (χ1v) is 12.5. The number of carboxylic acids is 4. The number of carboxylic acid groups (broad SMARTS) is 4. The Kier molecular flexibility index (Phi) is 38.5. The second kappa shape index (κ2) is 32.0. The topological polar surface area (TPSA) is 374 Å². The Morgan fingerprint density at radius 2 is 0.739 bits per heavy atom. The fourth-order valence-corrected chi connectivity index (χ4v) is 3.65. The van der Waals surface area contributed by atoms with Crippen LogP contribution in [0.2, 0.25) is 0 Å². The van der Waals surface area contributed by atoms with E-state index in [1.54, 1.807) is 0 Å². The average molecular weight is 732 g/mol. The summed E-state index contributed by atoms with van der Waals surface area (Å²) in [4.78, 5) is 55.1. The standard InChI is InChI=1S/2C7H5NO4.2C6H12O2.2H2O.2O.2V/c2*9-6(10)4-2-1-3-5(8-4)7(11)12;2*7-8-6-4-2-1-3-5-6;;;;;;/h2*1-3H,(H,9,10)(H,11,12);2*6-7H,1-5H2;2*1H2;;;;/q;;;;;;2*-2;;/p-4. The molecule has 2 heterocycles. The fraction of sp³-hybridized carbons (Fsp3) is 0.462. The van der Waals surface area contributed by atoms with Crippen molar-refractivity contribution < 1.29 is 119 Å². The number of carbonyl (C=O) groups is 4. The van der Waals surface area contributed by atoms with Crippen molar-refractivity contribution >= 4 is 23.9 Å². The SMILES string of the molecule is O=C([O-])c1cccc(C(=O)[O-])n1.O=C([O-])c1cccc(C(=O)[O-])n1.[O-2].[O-2].[O-]OC1CCCCC1.[O-]OC1CCCCC1.[OH3+].[OH3+].[V].[V]. The van der Waals surface area contributed by atoms with Crippen LogP contribution in [0.25, 0.3) is 0 Å². The maximum Gasteiger partial charge on any atom is 0.0900 e. The van der Waals surface area contributed by atoms with Crippen LogP contribution in [-0.2, 0) is 68.8 Å². The molecule has 2 aromatic heterocycles. The third-order valence-electron chi connectivity index (χ3n) is 5.71. The second-order valence-electron chi connectivity index (χ2n) is 8.68. The van der Waals surface area contributed by atoms with E-state index in [1.807, 2.05) is 0 Å². The summed E-state index contributed by atoms with van der Waals surface area (Å²) in [6.45, 7) is 0. The fourth-order valence-electron chi connectivity index (χ4n) is 3.65. The summed E-state index contributed by atoms with van der Waals surface area (Å²) in [6.07, 6.45) is 11.2. The van der Waals surface area contributed by atoms with Crippen LogP contribution < -0.4 is 30.9 Å². The maximum absolute atomic E-state index is 10.2. The minimum absolute atomic E-state index is 0. The molecule has 20 heteroatoms. The van der Waals surface area contributed by atoms with E-state index in [9.17, 15) is 50.1 Å². The largest absolute Gasteiger partial charge is 2.00 e. The van der Waals surface area contributed by atoms with Crippen LogP contribution in [0.1, 0.15) is 106 Å². The van der Waals surface area contributed by atoms with Gasteiger partial charge in [0, 0.05) is 49.3 Å². The van der Waals surface area contributed by atoms with E-state index in [0.29, 0.717) is 0 Å². The van der Waals surface area contributed by atoms with Crippen LogP contribution in [0.3, 0.4) is 0 Å². The normalized spacial score (nSPS) is 13.1. The monoisotopic (exact) mass is 732 g/mol. The molecule has 2 aliphatic rings. The molecule has 2 radical (unpaired) electrons. The zero-order chi connectivity index (χ0) is 29.9. The van der Waals surface area contributed by atoms with Gasteiger partial charge in [-0.2, -0.15) is 0 Å². The predicted octanol–water partition coefficient (Wildman–Crippen LogP) is -5.25. The summed E-state index contributed by atoms with van der Waals surface area (Å²) in [7, 11) is 0. The van der Waals surface area contributed by atoms with Crippen molar-refractivity contribution in [1.29, 1.82) is 0 Å². The number of nitrogens with zero attached hydrogens (tertiary/aromatic N) is 2. The Hall–Kier alpha value is -2.97. The van der Waals surface area contributed by atoms with Crippen LogP contribution in [-0.4, -0.2) is 46.1 Å². The number of pyridine rings is 2. The molecule has 0 spiro atoms. The van der Waals surface area contributed by atoms with E-state index < -0.39 is 46.7 Å². The molecule has 6 N–H and O–H groups in total. The van der Waals surface area contributed by atoms with E-state index in [4.69, 9.17) is 0 Å². The molecule has 0 aliphatic heterocycles. The Balaban J connectivity index is -0.000000113. The van der Waals surface area contributed by atoms with Crippen molar-refractivity contribution in [3.8, 4) is 0 Å². The zero-order valence-corrected chi connectivity index (χ0v) is 27.1. The molecule has 0 atom stereocenters. The van der Waals surface area contributed by atoms with Gasteiger partial charge >= 0.3 is 0 Å². The molecule has 0 bridgehead atoms. The molecule has 0 aromatic carbocycles. The van der Waals surface area contributed by atoms with Crippen LogP contribution >= 0.6 is 0 Å². The van der Waals surface area contributed by atoms with Crippen molar-refractivity contribution in [2.24, 2.45) is 0 Å². The van der Waals surface area contributed by atoms with Crippen molar-refractivity contribution in [3.05, 3.63) is 59.2 Å². The summed E-state index contributed by atoms with van der Waals surface area (Å²) >= 11 is 0. The number of aromatic nitrogens is 2. The molecule has 2 fully saturated rings. The molecule has 2 saturated carbocycles. The molecule has 18 nitrogen and oxygen atoms in total. The Morgan fingerprint density at radius 3 is 0.891 bits per heavy atom. The number of aromatic carboxylic acids is 4. The average Bonchev–Trinajstić information content (AvgIpc) is 2.99. The van der Waals surface area contributed by atoms with Gasteiger partial charge in [-0.25, -0.2) is 9.97 Å². The van der Waals surface area contributed by atoms with E-state index in [-0.39, 0.29) is 71.2 Å². The van der Waals surface area contributed by atoms with Gasteiger partial charge in [-0.15, -0.1) is 0 Å². The van der Waals surface area contributed by atoms with E-state index in [2.05, 4.69) is 19.7 Å². The van der Waals surface area contributed by atoms with Crippen LogP contribution in [0.15, 0.2) is 36.4 Å². The van der Waals surface area contributed by atoms with Gasteiger partial charge in [0.2, 0.25) is 0 Å². The first kappa shape index (κ1) is 55.4. The quantitative estimate of drug-likeness (QED) is 0.152. The van der Waals surface area contributed by atoms with Gasteiger partial charge in [0.05, 0.1) is 46.7 Å². The third-order valence-corrected chi connectivity index (χ3v) is 5.71. The molecule has 0 unspecified atom stereocenters. The number of carbonyl (C=O) groups excluding carboxylic acids is 4. The summed E-state index contributed by atoms with van der Waals surface area (Å²) in [5.74, 6) is -6.06. The molecular formula is C26H34N2O16V2-8. The summed E-state index contributed by atoms with van der Waals surface area (Å²) < 4.78 is 0. The van der Waals surface area contributed by atoms with Gasteiger partial charge in [0.1, 0.15) is 0 Å². The summed E-state index contributed by atoms with van der Waals surface area (Å²) in [5.41, 5.74) is -1.68. The van der Waals surface area contributed by atoms with Crippen LogP contribution in [0, 0.1) is 0 Å². The summed E-state index contributed by atoms with van der Waals surface area (Å²) in [5, 5.41) is 60.3. The number of hydrogen-bond acceptors (Lipinski definition) is 14. The second-order valence-corrected chi connectivity index (χ2v) is 8.68. The molecule has 2 aromatic rings. The first-order chi connectivity index (χ1) is 19.1. The van der Waals surface area contributed by atoms with E-state index >= 15 is 0 Å². The third kappa shape index (κ3) is 23.4. The minimum Gasteiger partial charge on any atom is -2.00 e. The molecular weight excluding hydrogens is 698 g/mol. The van der Waals surface area contributed by atoms with Gasteiger partial charge in [0.15, 0.2) is 0 Å². The first-order valence-electron chi connectivity index (χ1n) is 12.5.